The second kappa shape index (κ2) is 6.02. The molecule has 80 valence electrons. The summed E-state index contributed by atoms with van der Waals surface area (Å²) < 4.78 is 0. The summed E-state index contributed by atoms with van der Waals surface area (Å²) in [4.78, 5) is 0. The molecule has 0 radical (unpaired) electrons. The van der Waals surface area contributed by atoms with E-state index in [4.69, 9.17) is 0 Å². The van der Waals surface area contributed by atoms with Gasteiger partial charge in [-0.25, -0.2) is 0 Å². The van der Waals surface area contributed by atoms with Crippen LogP contribution < -0.4 is 5.32 Å². The topological polar surface area (TPSA) is 21.9 Å². The highest BCUT2D eigenvalue weighted by Gasteiger charge is 2.22. The largest absolute Gasteiger partial charge is 0.307 e. The molecule has 1 nitrogen and oxygen atoms in total. The Labute approximate surface area is 88.3 Å². The summed E-state index contributed by atoms with van der Waals surface area (Å²) in [5.41, 5.74) is 1.49. The van der Waals surface area contributed by atoms with Gasteiger partial charge in [-0.05, 0) is 17.9 Å². The first kappa shape index (κ1) is 11.5. The van der Waals surface area contributed by atoms with Crippen LogP contribution in [0.2, 0.25) is 0 Å². The van der Waals surface area contributed by atoms with Crippen molar-refractivity contribution in [3.05, 3.63) is 23.8 Å². The molecule has 0 aromatic heterocycles. The van der Waals surface area contributed by atoms with E-state index in [0.717, 1.165) is 0 Å². The summed E-state index contributed by atoms with van der Waals surface area (Å²) in [7, 11) is 0. The summed E-state index contributed by atoms with van der Waals surface area (Å²) in [6.45, 7) is 7.92. The molecule has 1 N–H and O–H groups in total. The van der Waals surface area contributed by atoms with E-state index in [1.807, 2.05) is 0 Å². The minimum atomic E-state index is 0.650. The van der Waals surface area contributed by atoms with Crippen LogP contribution in [0.5, 0.6) is 0 Å². The zero-order chi connectivity index (χ0) is 10.4. The van der Waals surface area contributed by atoms with E-state index in [1.165, 1.54) is 31.4 Å². The van der Waals surface area contributed by atoms with E-state index >= 15 is 0 Å². The van der Waals surface area contributed by atoms with E-state index < -0.39 is 0 Å². The molecule has 1 heteroatoms. The number of rotatable bonds is 6. The van der Waals surface area contributed by atoms with E-state index in [-0.39, 0.29) is 0 Å². The van der Waals surface area contributed by atoms with E-state index in [2.05, 4.69) is 44.3 Å². The van der Waals surface area contributed by atoms with Gasteiger partial charge in [0.15, 0.2) is 0 Å². The average Bonchev–Trinajstić information content (AvgIpc) is 2.99. The van der Waals surface area contributed by atoms with Crippen LogP contribution >= 0.6 is 0 Å². The van der Waals surface area contributed by atoms with Crippen molar-refractivity contribution in [3.8, 4) is 0 Å². The SMILES string of the molecule is CCC/C=C\C(=C\C(C)CC)[C@H]1CN1. The van der Waals surface area contributed by atoms with Crippen molar-refractivity contribution < 1.29 is 0 Å². The van der Waals surface area contributed by atoms with E-state index in [1.54, 1.807) is 0 Å². The van der Waals surface area contributed by atoms with Crippen molar-refractivity contribution in [3.63, 3.8) is 0 Å². The van der Waals surface area contributed by atoms with Crippen LogP contribution in [0.25, 0.3) is 0 Å². The lowest BCUT2D eigenvalue weighted by molar-refractivity contribution is 0.692. The first-order valence-corrected chi connectivity index (χ1v) is 5.89. The molecule has 1 unspecified atom stereocenters. The Hall–Kier alpha value is -0.560. The third-order valence-electron chi connectivity index (χ3n) is 2.70. The zero-order valence-electron chi connectivity index (χ0n) is 9.72. The van der Waals surface area contributed by atoms with Gasteiger partial charge >= 0.3 is 0 Å². The Kier molecular flexibility index (Phi) is 4.95. The predicted molar refractivity (Wildman–Crippen MR) is 63.4 cm³/mol. The second-order valence-electron chi connectivity index (χ2n) is 4.20. The monoisotopic (exact) mass is 193 g/mol. The molecule has 14 heavy (non-hydrogen) atoms. The van der Waals surface area contributed by atoms with Gasteiger partial charge in [0.05, 0.1) is 0 Å². The Morgan fingerprint density at radius 1 is 1.50 bits per heavy atom. The average molecular weight is 193 g/mol. The maximum atomic E-state index is 3.37. The minimum Gasteiger partial charge on any atom is -0.307 e. The van der Waals surface area contributed by atoms with Crippen LogP contribution in [0.1, 0.15) is 40.0 Å². The van der Waals surface area contributed by atoms with E-state index in [9.17, 15) is 0 Å². The maximum Gasteiger partial charge on any atom is 0.0444 e. The first-order chi connectivity index (χ1) is 6.77. The third-order valence-corrected chi connectivity index (χ3v) is 2.70. The lowest BCUT2D eigenvalue weighted by Gasteiger charge is -2.04. The van der Waals surface area contributed by atoms with Gasteiger partial charge in [0.1, 0.15) is 0 Å². The van der Waals surface area contributed by atoms with Gasteiger partial charge in [0.25, 0.3) is 0 Å². The van der Waals surface area contributed by atoms with Crippen molar-refractivity contribution in [2.45, 2.75) is 46.1 Å². The summed E-state index contributed by atoms with van der Waals surface area (Å²) in [6, 6.07) is 0.650. The molecule has 1 aliphatic heterocycles. The van der Waals surface area contributed by atoms with Gasteiger partial charge in [0, 0.05) is 12.6 Å². The van der Waals surface area contributed by atoms with Gasteiger partial charge in [0.2, 0.25) is 0 Å². The molecule has 0 bridgehead atoms. The number of hydrogen-bond acceptors (Lipinski definition) is 1. The summed E-state index contributed by atoms with van der Waals surface area (Å²) in [5, 5.41) is 3.37. The number of nitrogens with one attached hydrogen (secondary N) is 1. The zero-order valence-corrected chi connectivity index (χ0v) is 9.72. The fraction of sp³-hybridized carbons (Fsp3) is 0.692. The molecule has 1 rings (SSSR count). The number of hydrogen-bond donors (Lipinski definition) is 1. The maximum absolute atomic E-state index is 3.37. The van der Waals surface area contributed by atoms with Gasteiger partial charge in [-0.3, -0.25) is 0 Å². The molecule has 1 aliphatic rings. The molecular formula is C13H23N. The molecule has 0 amide bonds. The van der Waals surface area contributed by atoms with Gasteiger partial charge in [-0.1, -0.05) is 51.8 Å². The highest BCUT2D eigenvalue weighted by Crippen LogP contribution is 2.17. The van der Waals surface area contributed by atoms with E-state index in [0.29, 0.717) is 12.0 Å². The molecule has 0 aromatic rings. The van der Waals surface area contributed by atoms with Crippen LogP contribution in [0.3, 0.4) is 0 Å². The summed E-state index contributed by atoms with van der Waals surface area (Å²) >= 11 is 0. The van der Waals surface area contributed by atoms with Crippen LogP contribution in [0.15, 0.2) is 23.8 Å². The molecule has 1 fully saturated rings. The molecular weight excluding hydrogens is 170 g/mol. The number of unbranched alkanes of at least 4 members (excludes halogenated alkanes) is 1. The predicted octanol–water partition coefficient (Wildman–Crippen LogP) is 3.29. The van der Waals surface area contributed by atoms with Crippen molar-refractivity contribution in [1.82, 2.24) is 5.32 Å². The normalized spacial score (nSPS) is 24.2. The molecule has 1 heterocycles. The molecule has 0 saturated carbocycles. The van der Waals surface area contributed by atoms with Gasteiger partial charge < -0.3 is 5.32 Å². The molecule has 1 saturated heterocycles. The summed E-state index contributed by atoms with van der Waals surface area (Å²) in [5.74, 6) is 0.707. The highest BCUT2D eigenvalue weighted by atomic mass is 15.1. The van der Waals surface area contributed by atoms with Crippen molar-refractivity contribution in [2.24, 2.45) is 5.92 Å². The highest BCUT2D eigenvalue weighted by molar-refractivity contribution is 5.30. The Bertz CT molecular complexity index is 211. The van der Waals surface area contributed by atoms with Crippen LogP contribution in [0.4, 0.5) is 0 Å². The minimum absolute atomic E-state index is 0.650. The van der Waals surface area contributed by atoms with Crippen molar-refractivity contribution in [2.75, 3.05) is 6.54 Å². The third kappa shape index (κ3) is 4.10. The van der Waals surface area contributed by atoms with Gasteiger partial charge in [-0.15, -0.1) is 0 Å². The Balaban J connectivity index is 2.50. The number of allylic oxidation sites excluding steroid dienone is 2. The lowest BCUT2D eigenvalue weighted by atomic mass is 10.0. The van der Waals surface area contributed by atoms with Crippen molar-refractivity contribution in [1.29, 1.82) is 0 Å². The summed E-state index contributed by atoms with van der Waals surface area (Å²) in [6.07, 6.45) is 10.7. The quantitative estimate of drug-likeness (QED) is 0.507. The Morgan fingerprint density at radius 3 is 2.71 bits per heavy atom. The smallest absolute Gasteiger partial charge is 0.0444 e. The van der Waals surface area contributed by atoms with Gasteiger partial charge in [-0.2, -0.15) is 0 Å². The fourth-order valence-corrected chi connectivity index (χ4v) is 1.41. The molecule has 0 spiro atoms. The molecule has 2 atom stereocenters. The molecule has 0 aromatic carbocycles. The standard InChI is InChI=1S/C13H23N/c1-4-6-7-8-12(13-10-14-13)9-11(3)5-2/h7-9,11,13-14H,4-6,10H2,1-3H3/b8-7-,12-9-/t11?,13-/m1/s1. The Morgan fingerprint density at radius 2 is 2.21 bits per heavy atom. The lowest BCUT2D eigenvalue weighted by Crippen LogP contribution is -1.97. The first-order valence-electron chi connectivity index (χ1n) is 5.89. The second-order valence-corrected chi connectivity index (χ2v) is 4.20. The van der Waals surface area contributed by atoms with Crippen LogP contribution in [-0.4, -0.2) is 12.6 Å². The van der Waals surface area contributed by atoms with Crippen LogP contribution in [0, 0.1) is 5.92 Å². The molecule has 0 aliphatic carbocycles. The van der Waals surface area contributed by atoms with Crippen molar-refractivity contribution >= 4 is 0 Å². The fourth-order valence-electron chi connectivity index (χ4n) is 1.41. The van der Waals surface area contributed by atoms with Crippen LogP contribution in [-0.2, 0) is 0 Å².